The maximum Gasteiger partial charge on any atom is 0.335 e. The normalized spacial score (nSPS) is 14.0. The van der Waals surface area contributed by atoms with Crippen molar-refractivity contribution in [2.24, 2.45) is 5.41 Å². The van der Waals surface area contributed by atoms with Crippen molar-refractivity contribution in [2.75, 3.05) is 6.54 Å². The topological polar surface area (TPSA) is 57.6 Å². The number of nitrogens with zero attached hydrogens (tertiary/aromatic N) is 1. The van der Waals surface area contributed by atoms with Crippen LogP contribution in [-0.4, -0.2) is 28.4 Å². The maximum atomic E-state index is 13.1. The van der Waals surface area contributed by atoms with Gasteiger partial charge in [0.1, 0.15) is 0 Å². The number of hydrogen-bond acceptors (Lipinski definition) is 2. The molecule has 0 saturated carbocycles. The second kappa shape index (κ2) is 7.12. The molecule has 0 spiro atoms. The third-order valence-corrected chi connectivity index (χ3v) is 5.10. The van der Waals surface area contributed by atoms with Gasteiger partial charge in [-0.1, -0.05) is 43.6 Å². The van der Waals surface area contributed by atoms with Crippen molar-refractivity contribution < 1.29 is 14.7 Å². The SMILES string of the molecule is CC(C)(Cc1cccc(Cl)c1)C(=O)N1CCc2ccc(C(=O)O)cc2C1. The van der Waals surface area contributed by atoms with Gasteiger partial charge in [-0.15, -0.1) is 0 Å². The quantitative estimate of drug-likeness (QED) is 0.876. The Balaban J connectivity index is 1.77. The number of halogens is 1. The fourth-order valence-electron chi connectivity index (χ4n) is 3.52. The van der Waals surface area contributed by atoms with Gasteiger partial charge in [0.05, 0.1) is 5.56 Å². The molecule has 5 heteroatoms. The van der Waals surface area contributed by atoms with Crippen molar-refractivity contribution in [3.63, 3.8) is 0 Å². The number of carbonyl (C=O) groups excluding carboxylic acids is 1. The minimum Gasteiger partial charge on any atom is -0.478 e. The highest BCUT2D eigenvalue weighted by Gasteiger charge is 2.34. The number of benzene rings is 2. The van der Waals surface area contributed by atoms with Gasteiger partial charge in [0.25, 0.3) is 0 Å². The van der Waals surface area contributed by atoms with Gasteiger partial charge in [0.15, 0.2) is 0 Å². The minimum absolute atomic E-state index is 0.0730. The van der Waals surface area contributed by atoms with E-state index >= 15 is 0 Å². The Morgan fingerprint density at radius 3 is 2.62 bits per heavy atom. The summed E-state index contributed by atoms with van der Waals surface area (Å²) in [5, 5.41) is 9.85. The van der Waals surface area contributed by atoms with E-state index in [9.17, 15) is 14.7 Å². The van der Waals surface area contributed by atoms with E-state index < -0.39 is 11.4 Å². The van der Waals surface area contributed by atoms with Crippen LogP contribution in [0.5, 0.6) is 0 Å². The third-order valence-electron chi connectivity index (χ3n) is 4.87. The van der Waals surface area contributed by atoms with E-state index in [1.54, 1.807) is 12.1 Å². The molecule has 0 atom stereocenters. The number of hydrogen-bond donors (Lipinski definition) is 1. The third kappa shape index (κ3) is 3.91. The smallest absolute Gasteiger partial charge is 0.335 e. The highest BCUT2D eigenvalue weighted by molar-refractivity contribution is 6.30. The predicted molar refractivity (Wildman–Crippen MR) is 101 cm³/mol. The molecule has 1 amide bonds. The molecule has 136 valence electrons. The van der Waals surface area contributed by atoms with Crippen LogP contribution >= 0.6 is 11.6 Å². The van der Waals surface area contributed by atoms with Gasteiger partial charge in [0.2, 0.25) is 5.91 Å². The molecule has 1 aliphatic rings. The number of aromatic carboxylic acids is 1. The van der Waals surface area contributed by atoms with E-state index in [0.29, 0.717) is 24.5 Å². The minimum atomic E-state index is -0.947. The van der Waals surface area contributed by atoms with Crippen molar-refractivity contribution in [3.8, 4) is 0 Å². The van der Waals surface area contributed by atoms with E-state index in [4.69, 9.17) is 11.6 Å². The Labute approximate surface area is 158 Å². The summed E-state index contributed by atoms with van der Waals surface area (Å²) in [6.07, 6.45) is 1.35. The van der Waals surface area contributed by atoms with Gasteiger partial charge < -0.3 is 10.0 Å². The lowest BCUT2D eigenvalue weighted by Gasteiger charge is -2.35. The van der Waals surface area contributed by atoms with Gasteiger partial charge in [-0.25, -0.2) is 4.79 Å². The van der Waals surface area contributed by atoms with Crippen LogP contribution in [0.15, 0.2) is 42.5 Å². The molecule has 0 saturated heterocycles. The molecule has 1 N–H and O–H groups in total. The highest BCUT2D eigenvalue weighted by Crippen LogP contribution is 2.29. The van der Waals surface area contributed by atoms with Crippen LogP contribution in [0, 0.1) is 5.41 Å². The number of carbonyl (C=O) groups is 2. The lowest BCUT2D eigenvalue weighted by atomic mass is 9.83. The van der Waals surface area contributed by atoms with Crippen LogP contribution in [0.3, 0.4) is 0 Å². The molecule has 3 rings (SSSR count). The van der Waals surface area contributed by atoms with Gasteiger partial charge in [-0.05, 0) is 53.8 Å². The molecular formula is C21H22ClNO3. The van der Waals surface area contributed by atoms with Gasteiger partial charge >= 0.3 is 5.97 Å². The first-order valence-electron chi connectivity index (χ1n) is 8.65. The van der Waals surface area contributed by atoms with E-state index in [1.165, 1.54) is 0 Å². The molecule has 0 unspecified atom stereocenters. The zero-order valence-corrected chi connectivity index (χ0v) is 15.7. The fraction of sp³-hybridized carbons (Fsp3) is 0.333. The summed E-state index contributed by atoms with van der Waals surface area (Å²) in [6.45, 7) is 4.99. The molecule has 0 bridgehead atoms. The Morgan fingerprint density at radius 1 is 1.15 bits per heavy atom. The number of fused-ring (bicyclic) bond motifs is 1. The molecule has 0 fully saturated rings. The maximum absolute atomic E-state index is 13.1. The lowest BCUT2D eigenvalue weighted by molar-refractivity contribution is -0.141. The summed E-state index contributed by atoms with van der Waals surface area (Å²) in [7, 11) is 0. The van der Waals surface area contributed by atoms with Crippen molar-refractivity contribution in [2.45, 2.75) is 33.2 Å². The molecule has 0 aliphatic carbocycles. The molecule has 4 nitrogen and oxygen atoms in total. The van der Waals surface area contributed by atoms with Crippen molar-refractivity contribution in [1.82, 2.24) is 4.90 Å². The van der Waals surface area contributed by atoms with Crippen molar-refractivity contribution in [1.29, 1.82) is 0 Å². The molecule has 1 aliphatic heterocycles. The number of carboxylic acids is 1. The van der Waals surface area contributed by atoms with Crippen molar-refractivity contribution >= 4 is 23.5 Å². The molecule has 0 aromatic heterocycles. The van der Waals surface area contributed by atoms with Gasteiger partial charge in [0, 0.05) is 23.5 Å². The molecule has 2 aromatic carbocycles. The van der Waals surface area contributed by atoms with Crippen LogP contribution in [-0.2, 0) is 24.2 Å². The highest BCUT2D eigenvalue weighted by atomic mass is 35.5. The van der Waals surface area contributed by atoms with Gasteiger partial charge in [-0.3, -0.25) is 4.79 Å². The number of carboxylic acid groups (broad SMARTS) is 1. The van der Waals surface area contributed by atoms with E-state index in [0.717, 1.165) is 23.1 Å². The molecule has 1 heterocycles. The van der Waals surface area contributed by atoms with Crippen LogP contribution in [0.2, 0.25) is 5.02 Å². The molecular weight excluding hydrogens is 350 g/mol. The van der Waals surface area contributed by atoms with Crippen LogP contribution < -0.4 is 0 Å². The van der Waals surface area contributed by atoms with E-state index in [1.807, 2.05) is 49.1 Å². The largest absolute Gasteiger partial charge is 0.478 e. The second-order valence-electron chi connectivity index (χ2n) is 7.46. The zero-order valence-electron chi connectivity index (χ0n) is 15.0. The Hall–Kier alpha value is -2.33. The van der Waals surface area contributed by atoms with Crippen LogP contribution in [0.4, 0.5) is 0 Å². The summed E-state index contributed by atoms with van der Waals surface area (Å²) in [4.78, 5) is 26.1. The van der Waals surface area contributed by atoms with Crippen LogP contribution in [0.25, 0.3) is 0 Å². The monoisotopic (exact) mass is 371 g/mol. The summed E-state index contributed by atoms with van der Waals surface area (Å²) in [5.74, 6) is -0.874. The second-order valence-corrected chi connectivity index (χ2v) is 7.89. The Bertz CT molecular complexity index is 860. The average molecular weight is 372 g/mol. The first kappa shape index (κ1) is 18.5. The predicted octanol–water partition coefficient (Wildman–Crippen LogP) is 4.19. The molecule has 2 aromatic rings. The van der Waals surface area contributed by atoms with E-state index in [-0.39, 0.29) is 11.5 Å². The van der Waals surface area contributed by atoms with Crippen LogP contribution in [0.1, 0.15) is 40.9 Å². The summed E-state index contributed by atoms with van der Waals surface area (Å²) >= 11 is 6.06. The van der Waals surface area contributed by atoms with E-state index in [2.05, 4.69) is 0 Å². The van der Waals surface area contributed by atoms with Gasteiger partial charge in [-0.2, -0.15) is 0 Å². The summed E-state index contributed by atoms with van der Waals surface area (Å²) < 4.78 is 0. The summed E-state index contributed by atoms with van der Waals surface area (Å²) in [5.41, 5.74) is 2.76. The fourth-order valence-corrected chi connectivity index (χ4v) is 3.74. The lowest BCUT2D eigenvalue weighted by Crippen LogP contribution is -2.44. The standard InChI is InChI=1S/C21H22ClNO3/c1-21(2,12-14-4-3-5-18(22)10-14)20(26)23-9-8-15-6-7-16(19(24)25)11-17(15)13-23/h3-7,10-11H,8-9,12-13H2,1-2H3,(H,24,25). The number of rotatable bonds is 4. The number of amides is 1. The first-order valence-corrected chi connectivity index (χ1v) is 9.03. The summed E-state index contributed by atoms with van der Waals surface area (Å²) in [6, 6.07) is 12.7. The first-order chi connectivity index (χ1) is 12.3. The zero-order chi connectivity index (χ0) is 18.9. The molecule has 0 radical (unpaired) electrons. The van der Waals surface area contributed by atoms with Crippen molar-refractivity contribution in [3.05, 3.63) is 69.7 Å². The average Bonchev–Trinajstić information content (AvgIpc) is 2.59. The molecule has 26 heavy (non-hydrogen) atoms. The Morgan fingerprint density at radius 2 is 1.92 bits per heavy atom. The Kier molecular flexibility index (Phi) is 5.05.